The second-order valence-electron chi connectivity index (χ2n) is 6.34. The van der Waals surface area contributed by atoms with Crippen molar-refractivity contribution < 1.29 is 27.4 Å². The highest BCUT2D eigenvalue weighted by Gasteiger charge is 2.32. The van der Waals surface area contributed by atoms with Gasteiger partial charge in [0.05, 0.1) is 11.6 Å². The standard InChI is InChI=1S/C20H20F3NO3/c1-2-6-15(13-7-5-8-14(11-13)20(21,22)23)24-19(25)18-12-26-16-9-3-4-10-17(16)27-18/h3-5,7-11,15,18H,2,6,12H2,1H3,(H,24,25). The van der Waals surface area contributed by atoms with Crippen molar-refractivity contribution in [2.45, 2.75) is 38.1 Å². The summed E-state index contributed by atoms with van der Waals surface area (Å²) in [6.07, 6.45) is -4.07. The minimum Gasteiger partial charge on any atom is -0.485 e. The van der Waals surface area contributed by atoms with Crippen molar-refractivity contribution in [1.29, 1.82) is 0 Å². The van der Waals surface area contributed by atoms with Crippen molar-refractivity contribution in [2.75, 3.05) is 6.61 Å². The van der Waals surface area contributed by atoms with Crippen LogP contribution in [0, 0.1) is 0 Å². The number of nitrogens with one attached hydrogen (secondary N) is 1. The first-order valence-corrected chi connectivity index (χ1v) is 8.74. The fourth-order valence-corrected chi connectivity index (χ4v) is 2.96. The fraction of sp³-hybridized carbons (Fsp3) is 0.350. The molecule has 4 nitrogen and oxygen atoms in total. The van der Waals surface area contributed by atoms with Gasteiger partial charge in [-0.1, -0.05) is 37.6 Å². The zero-order chi connectivity index (χ0) is 19.4. The number of ether oxygens (including phenoxy) is 2. The second kappa shape index (κ2) is 7.90. The molecule has 144 valence electrons. The topological polar surface area (TPSA) is 47.6 Å². The van der Waals surface area contributed by atoms with Crippen LogP contribution in [0.1, 0.15) is 36.9 Å². The Balaban J connectivity index is 1.74. The van der Waals surface area contributed by atoms with Crippen LogP contribution in [-0.2, 0) is 11.0 Å². The average molecular weight is 379 g/mol. The van der Waals surface area contributed by atoms with Crippen molar-refractivity contribution in [3.63, 3.8) is 0 Å². The lowest BCUT2D eigenvalue weighted by Gasteiger charge is -2.28. The van der Waals surface area contributed by atoms with Gasteiger partial charge in [-0.05, 0) is 36.2 Å². The molecule has 2 atom stereocenters. The Kier molecular flexibility index (Phi) is 5.58. The summed E-state index contributed by atoms with van der Waals surface area (Å²) in [6, 6.07) is 11.5. The normalized spacial score (nSPS) is 17.3. The molecule has 0 fully saturated rings. The zero-order valence-electron chi connectivity index (χ0n) is 14.8. The molecule has 0 spiro atoms. The van der Waals surface area contributed by atoms with Crippen LogP contribution in [0.4, 0.5) is 13.2 Å². The average Bonchev–Trinajstić information content (AvgIpc) is 2.66. The number of fused-ring (bicyclic) bond motifs is 1. The van der Waals surface area contributed by atoms with Crippen molar-refractivity contribution in [2.24, 2.45) is 0 Å². The SMILES string of the molecule is CCCC(NC(=O)C1COc2ccccc2O1)c1cccc(C(F)(F)F)c1. The van der Waals surface area contributed by atoms with E-state index < -0.39 is 29.8 Å². The minimum absolute atomic E-state index is 0.0459. The molecule has 27 heavy (non-hydrogen) atoms. The molecular weight excluding hydrogens is 359 g/mol. The summed E-state index contributed by atoms with van der Waals surface area (Å²) in [4.78, 5) is 12.6. The Hall–Kier alpha value is -2.70. The Morgan fingerprint density at radius 2 is 1.93 bits per heavy atom. The third-order valence-electron chi connectivity index (χ3n) is 4.31. The van der Waals surface area contributed by atoms with Crippen LogP contribution in [0.3, 0.4) is 0 Å². The van der Waals surface area contributed by atoms with E-state index in [1.54, 1.807) is 30.3 Å². The van der Waals surface area contributed by atoms with Crippen molar-refractivity contribution in [3.8, 4) is 11.5 Å². The third kappa shape index (κ3) is 4.53. The number of hydrogen-bond acceptors (Lipinski definition) is 3. The Morgan fingerprint density at radius 1 is 1.19 bits per heavy atom. The molecule has 3 rings (SSSR count). The summed E-state index contributed by atoms with van der Waals surface area (Å²) >= 11 is 0. The Bertz CT molecular complexity index is 807. The zero-order valence-corrected chi connectivity index (χ0v) is 14.8. The smallest absolute Gasteiger partial charge is 0.416 e. The third-order valence-corrected chi connectivity index (χ3v) is 4.31. The maximum atomic E-state index is 13.0. The van der Waals surface area contributed by atoms with Crippen LogP contribution < -0.4 is 14.8 Å². The van der Waals surface area contributed by atoms with Crippen LogP contribution in [0.2, 0.25) is 0 Å². The van der Waals surface area contributed by atoms with Gasteiger partial charge in [0.25, 0.3) is 5.91 Å². The maximum Gasteiger partial charge on any atom is 0.416 e. The van der Waals surface area contributed by atoms with Gasteiger partial charge in [0.15, 0.2) is 11.5 Å². The number of alkyl halides is 3. The Labute approximate surface area is 155 Å². The molecule has 0 aromatic heterocycles. The number of benzene rings is 2. The summed E-state index contributed by atoms with van der Waals surface area (Å²) in [6.45, 7) is 1.95. The van der Waals surface area contributed by atoms with E-state index in [0.717, 1.165) is 12.1 Å². The highest BCUT2D eigenvalue weighted by atomic mass is 19.4. The van der Waals surface area contributed by atoms with Crippen LogP contribution in [-0.4, -0.2) is 18.6 Å². The van der Waals surface area contributed by atoms with Gasteiger partial charge in [-0.25, -0.2) is 0 Å². The van der Waals surface area contributed by atoms with E-state index in [1.807, 2.05) is 6.92 Å². The number of para-hydroxylation sites is 2. The lowest BCUT2D eigenvalue weighted by molar-refractivity contribution is -0.137. The maximum absolute atomic E-state index is 13.0. The minimum atomic E-state index is -4.43. The highest BCUT2D eigenvalue weighted by molar-refractivity contribution is 5.82. The van der Waals surface area contributed by atoms with E-state index >= 15 is 0 Å². The van der Waals surface area contributed by atoms with Gasteiger partial charge in [-0.15, -0.1) is 0 Å². The van der Waals surface area contributed by atoms with Crippen molar-refractivity contribution >= 4 is 5.91 Å². The molecule has 1 aliphatic heterocycles. The summed E-state index contributed by atoms with van der Waals surface area (Å²) in [5.74, 6) is 0.611. The number of halogens is 3. The second-order valence-corrected chi connectivity index (χ2v) is 6.34. The predicted octanol–water partition coefficient (Wildman–Crippen LogP) is 4.50. The van der Waals surface area contributed by atoms with Gasteiger partial charge in [0, 0.05) is 0 Å². The van der Waals surface area contributed by atoms with Gasteiger partial charge in [-0.3, -0.25) is 4.79 Å². The molecule has 1 heterocycles. The molecule has 1 N–H and O–H groups in total. The molecule has 0 saturated heterocycles. The van der Waals surface area contributed by atoms with E-state index in [4.69, 9.17) is 9.47 Å². The number of carbonyl (C=O) groups is 1. The van der Waals surface area contributed by atoms with Gasteiger partial charge in [0.1, 0.15) is 6.61 Å². The van der Waals surface area contributed by atoms with Gasteiger partial charge < -0.3 is 14.8 Å². The lowest BCUT2D eigenvalue weighted by atomic mass is 9.99. The van der Waals surface area contributed by atoms with Crippen LogP contribution >= 0.6 is 0 Å². The van der Waals surface area contributed by atoms with Crippen LogP contribution in [0.5, 0.6) is 11.5 Å². The van der Waals surface area contributed by atoms with E-state index in [2.05, 4.69) is 5.32 Å². The summed E-state index contributed by atoms with van der Waals surface area (Å²) < 4.78 is 50.2. The number of carbonyl (C=O) groups excluding carboxylic acids is 1. The first-order valence-electron chi connectivity index (χ1n) is 8.74. The van der Waals surface area contributed by atoms with Gasteiger partial charge >= 0.3 is 6.18 Å². The van der Waals surface area contributed by atoms with E-state index in [-0.39, 0.29) is 6.61 Å². The number of amides is 1. The number of hydrogen-bond donors (Lipinski definition) is 1. The summed E-state index contributed by atoms with van der Waals surface area (Å²) in [5.41, 5.74) is -0.321. The molecule has 0 saturated carbocycles. The molecule has 0 aliphatic carbocycles. The molecule has 1 aliphatic rings. The van der Waals surface area contributed by atoms with Crippen molar-refractivity contribution in [3.05, 3.63) is 59.7 Å². The summed E-state index contributed by atoms with van der Waals surface area (Å²) in [7, 11) is 0. The molecule has 2 aromatic carbocycles. The first kappa shape index (κ1) is 19.1. The van der Waals surface area contributed by atoms with E-state index in [9.17, 15) is 18.0 Å². The monoisotopic (exact) mass is 379 g/mol. The molecular formula is C20H20F3NO3. The molecule has 0 bridgehead atoms. The molecule has 2 unspecified atom stereocenters. The summed E-state index contributed by atoms with van der Waals surface area (Å²) in [5, 5.41) is 2.80. The first-order chi connectivity index (χ1) is 12.9. The van der Waals surface area contributed by atoms with Gasteiger partial charge in [0.2, 0.25) is 6.10 Å². The Morgan fingerprint density at radius 3 is 2.63 bits per heavy atom. The molecule has 2 aromatic rings. The van der Waals surface area contributed by atoms with Crippen LogP contribution in [0.15, 0.2) is 48.5 Å². The van der Waals surface area contributed by atoms with Crippen LogP contribution in [0.25, 0.3) is 0 Å². The van der Waals surface area contributed by atoms with E-state index in [1.165, 1.54) is 6.07 Å². The number of rotatable bonds is 5. The van der Waals surface area contributed by atoms with Crippen molar-refractivity contribution in [1.82, 2.24) is 5.32 Å². The predicted molar refractivity (Wildman–Crippen MR) is 93.6 cm³/mol. The molecule has 0 radical (unpaired) electrons. The van der Waals surface area contributed by atoms with E-state index in [0.29, 0.717) is 29.9 Å². The highest BCUT2D eigenvalue weighted by Crippen LogP contribution is 2.33. The largest absolute Gasteiger partial charge is 0.485 e. The fourth-order valence-electron chi connectivity index (χ4n) is 2.96. The quantitative estimate of drug-likeness (QED) is 0.832. The lowest BCUT2D eigenvalue weighted by Crippen LogP contribution is -2.45. The van der Waals surface area contributed by atoms with Gasteiger partial charge in [-0.2, -0.15) is 13.2 Å². The molecule has 1 amide bonds. The molecule has 7 heteroatoms.